The van der Waals surface area contributed by atoms with Crippen molar-refractivity contribution in [3.63, 3.8) is 0 Å². The number of hydrogen-bond acceptors (Lipinski definition) is 6. The SMILES string of the molecule is COc1ccc([C@@H]2CCCN2C(=O)c2ccc(-c3nnc(-c4ccccc4C)o3)cc2)c(OC)c1. The standard InChI is InChI=1S/C28H27N3O4/c1-18-7-4-5-8-22(18)27-30-29-26(35-27)19-10-12-20(13-11-19)28(32)31-16-6-9-24(31)23-15-14-21(33-2)17-25(23)34-3/h4-5,7-8,10-15,17,24H,6,9,16H2,1-3H3/t24-/m0/s1. The minimum absolute atomic E-state index is 0.0111. The quantitative estimate of drug-likeness (QED) is 0.360. The van der Waals surface area contributed by atoms with Crippen LogP contribution >= 0.6 is 0 Å². The molecule has 7 heteroatoms. The first-order valence-corrected chi connectivity index (χ1v) is 11.6. The third-order valence-electron chi connectivity index (χ3n) is 6.49. The molecule has 7 nitrogen and oxygen atoms in total. The van der Waals surface area contributed by atoms with Crippen LogP contribution < -0.4 is 9.47 Å². The molecule has 178 valence electrons. The molecule has 3 aromatic carbocycles. The van der Waals surface area contributed by atoms with Gasteiger partial charge in [0.25, 0.3) is 5.91 Å². The maximum absolute atomic E-state index is 13.4. The number of aromatic nitrogens is 2. The Kier molecular flexibility index (Phi) is 6.23. The van der Waals surface area contributed by atoms with Crippen molar-refractivity contribution in [1.29, 1.82) is 0 Å². The van der Waals surface area contributed by atoms with Crippen molar-refractivity contribution in [2.45, 2.75) is 25.8 Å². The number of ether oxygens (including phenoxy) is 2. The van der Waals surface area contributed by atoms with E-state index in [1.807, 2.05) is 78.6 Å². The van der Waals surface area contributed by atoms with Crippen molar-refractivity contribution in [3.8, 4) is 34.4 Å². The zero-order valence-electron chi connectivity index (χ0n) is 20.0. The smallest absolute Gasteiger partial charge is 0.254 e. The molecule has 0 unspecified atom stereocenters. The number of benzene rings is 3. The fraction of sp³-hybridized carbons (Fsp3) is 0.250. The third-order valence-corrected chi connectivity index (χ3v) is 6.49. The van der Waals surface area contributed by atoms with Crippen LogP contribution in [0.25, 0.3) is 22.9 Å². The van der Waals surface area contributed by atoms with E-state index in [1.54, 1.807) is 14.2 Å². The first-order chi connectivity index (χ1) is 17.1. The molecular weight excluding hydrogens is 442 g/mol. The summed E-state index contributed by atoms with van der Waals surface area (Å²) in [7, 11) is 3.27. The van der Waals surface area contributed by atoms with Crippen LogP contribution in [0, 0.1) is 6.92 Å². The summed E-state index contributed by atoms with van der Waals surface area (Å²) in [4.78, 5) is 15.4. The van der Waals surface area contributed by atoms with E-state index in [-0.39, 0.29) is 11.9 Å². The summed E-state index contributed by atoms with van der Waals surface area (Å²) < 4.78 is 16.8. The lowest BCUT2D eigenvalue weighted by Gasteiger charge is -2.26. The molecule has 2 heterocycles. The zero-order chi connectivity index (χ0) is 24.4. The minimum atomic E-state index is -0.0457. The predicted molar refractivity (Wildman–Crippen MR) is 132 cm³/mol. The molecule has 1 saturated heterocycles. The molecule has 1 amide bonds. The number of hydrogen-bond donors (Lipinski definition) is 0. The van der Waals surface area contributed by atoms with Crippen LogP contribution in [0.3, 0.4) is 0 Å². The number of likely N-dealkylation sites (tertiary alicyclic amines) is 1. The largest absolute Gasteiger partial charge is 0.497 e. The third kappa shape index (κ3) is 4.37. The second-order valence-electron chi connectivity index (χ2n) is 8.57. The van der Waals surface area contributed by atoms with Gasteiger partial charge < -0.3 is 18.8 Å². The predicted octanol–water partition coefficient (Wildman–Crippen LogP) is 5.71. The second-order valence-corrected chi connectivity index (χ2v) is 8.57. The lowest BCUT2D eigenvalue weighted by atomic mass is 10.0. The van der Waals surface area contributed by atoms with Crippen LogP contribution in [0.15, 0.2) is 71.1 Å². The number of aryl methyl sites for hydroxylation is 1. The Labute approximate surface area is 204 Å². The summed E-state index contributed by atoms with van der Waals surface area (Å²) in [6.07, 6.45) is 1.82. The molecule has 1 fully saturated rings. The van der Waals surface area contributed by atoms with Crippen LogP contribution in [0.1, 0.15) is 40.4 Å². The van der Waals surface area contributed by atoms with Crippen LogP contribution in [0.2, 0.25) is 0 Å². The summed E-state index contributed by atoms with van der Waals surface area (Å²) in [6.45, 7) is 2.71. The van der Waals surface area contributed by atoms with Crippen molar-refractivity contribution >= 4 is 5.91 Å². The van der Waals surface area contributed by atoms with Gasteiger partial charge in [-0.15, -0.1) is 10.2 Å². The molecular formula is C28H27N3O4. The van der Waals surface area contributed by atoms with Crippen LogP contribution in [-0.2, 0) is 0 Å². The summed E-state index contributed by atoms with van der Waals surface area (Å²) >= 11 is 0. The van der Waals surface area contributed by atoms with Gasteiger partial charge in [0.2, 0.25) is 11.8 Å². The molecule has 0 aliphatic carbocycles. The summed E-state index contributed by atoms with van der Waals surface area (Å²) in [5, 5.41) is 8.41. The Bertz CT molecular complexity index is 1350. The molecule has 0 bridgehead atoms. The Morgan fingerprint density at radius 1 is 0.971 bits per heavy atom. The lowest BCUT2D eigenvalue weighted by molar-refractivity contribution is 0.0734. The molecule has 0 N–H and O–H groups in total. The van der Waals surface area contributed by atoms with Crippen LogP contribution in [0.4, 0.5) is 0 Å². The molecule has 0 spiro atoms. The van der Waals surface area contributed by atoms with Gasteiger partial charge in [-0.3, -0.25) is 4.79 Å². The summed E-state index contributed by atoms with van der Waals surface area (Å²) in [5.41, 5.74) is 4.35. The molecule has 1 atom stereocenters. The van der Waals surface area contributed by atoms with Gasteiger partial charge in [-0.2, -0.15) is 0 Å². The highest BCUT2D eigenvalue weighted by molar-refractivity contribution is 5.95. The monoisotopic (exact) mass is 469 g/mol. The fourth-order valence-electron chi connectivity index (χ4n) is 4.61. The van der Waals surface area contributed by atoms with Gasteiger partial charge in [-0.05, 0) is 67.8 Å². The molecule has 4 aromatic rings. The van der Waals surface area contributed by atoms with E-state index >= 15 is 0 Å². The first-order valence-electron chi connectivity index (χ1n) is 11.6. The maximum Gasteiger partial charge on any atom is 0.254 e. The average Bonchev–Trinajstić information content (AvgIpc) is 3.59. The Balaban J connectivity index is 1.36. The van der Waals surface area contributed by atoms with Gasteiger partial charge in [0.15, 0.2) is 0 Å². The van der Waals surface area contributed by atoms with Gasteiger partial charge in [-0.1, -0.05) is 18.2 Å². The van der Waals surface area contributed by atoms with Crippen molar-refractivity contribution in [1.82, 2.24) is 15.1 Å². The van der Waals surface area contributed by atoms with Gasteiger partial charge in [-0.25, -0.2) is 0 Å². The number of nitrogens with zero attached hydrogens (tertiary/aromatic N) is 3. The average molecular weight is 470 g/mol. The number of rotatable bonds is 6. The zero-order valence-corrected chi connectivity index (χ0v) is 20.0. The van der Waals surface area contributed by atoms with Gasteiger partial charge in [0, 0.05) is 34.9 Å². The highest BCUT2D eigenvalue weighted by atomic mass is 16.5. The molecule has 0 radical (unpaired) electrons. The molecule has 1 aromatic heterocycles. The lowest BCUT2D eigenvalue weighted by Crippen LogP contribution is -2.30. The number of carbonyl (C=O) groups excluding carboxylic acids is 1. The van der Waals surface area contributed by atoms with E-state index in [1.165, 1.54) is 0 Å². The van der Waals surface area contributed by atoms with E-state index in [0.717, 1.165) is 46.6 Å². The van der Waals surface area contributed by atoms with Gasteiger partial charge in [0.05, 0.1) is 20.3 Å². The Morgan fingerprint density at radius 3 is 2.49 bits per heavy atom. The van der Waals surface area contributed by atoms with E-state index in [9.17, 15) is 4.79 Å². The fourth-order valence-corrected chi connectivity index (χ4v) is 4.61. The number of carbonyl (C=O) groups is 1. The highest BCUT2D eigenvalue weighted by Gasteiger charge is 2.32. The molecule has 1 aliphatic heterocycles. The minimum Gasteiger partial charge on any atom is -0.497 e. The Morgan fingerprint density at radius 2 is 1.74 bits per heavy atom. The normalized spacial score (nSPS) is 15.3. The van der Waals surface area contributed by atoms with Crippen molar-refractivity contribution in [3.05, 3.63) is 83.4 Å². The van der Waals surface area contributed by atoms with Crippen LogP contribution in [0.5, 0.6) is 11.5 Å². The maximum atomic E-state index is 13.4. The Hall–Kier alpha value is -4.13. The first kappa shape index (κ1) is 22.7. The van der Waals surface area contributed by atoms with Crippen LogP contribution in [-0.4, -0.2) is 41.8 Å². The summed E-state index contributed by atoms with van der Waals surface area (Å²) in [5.74, 6) is 2.34. The van der Waals surface area contributed by atoms with E-state index < -0.39 is 0 Å². The topological polar surface area (TPSA) is 77.7 Å². The molecule has 35 heavy (non-hydrogen) atoms. The second kappa shape index (κ2) is 9.62. The molecule has 5 rings (SSSR count). The molecule has 0 saturated carbocycles. The van der Waals surface area contributed by atoms with Gasteiger partial charge in [0.1, 0.15) is 11.5 Å². The van der Waals surface area contributed by atoms with Crippen molar-refractivity contribution in [2.75, 3.05) is 20.8 Å². The van der Waals surface area contributed by atoms with E-state index in [4.69, 9.17) is 13.9 Å². The number of methoxy groups -OCH3 is 2. The molecule has 1 aliphatic rings. The number of amides is 1. The highest BCUT2D eigenvalue weighted by Crippen LogP contribution is 2.39. The van der Waals surface area contributed by atoms with E-state index in [2.05, 4.69) is 10.2 Å². The van der Waals surface area contributed by atoms with Crippen molar-refractivity contribution in [2.24, 2.45) is 0 Å². The summed E-state index contributed by atoms with van der Waals surface area (Å²) in [6, 6.07) is 20.9. The van der Waals surface area contributed by atoms with Crippen molar-refractivity contribution < 1.29 is 18.7 Å². The van der Waals surface area contributed by atoms with E-state index in [0.29, 0.717) is 23.9 Å². The van der Waals surface area contributed by atoms with Gasteiger partial charge >= 0.3 is 0 Å².